The number of rotatable bonds is 11. The Bertz CT molecular complexity index is 1000. The van der Waals surface area contributed by atoms with Gasteiger partial charge in [-0.25, -0.2) is 8.42 Å². The van der Waals surface area contributed by atoms with Crippen LogP contribution in [0, 0.1) is 0 Å². The number of carbonyl (C=O) groups excluding carboxylic acids is 1. The molecule has 1 heterocycles. The van der Waals surface area contributed by atoms with Crippen molar-refractivity contribution in [3.8, 4) is 5.75 Å². The minimum Gasteiger partial charge on any atom is -0.494 e. The smallest absolute Gasteiger partial charge is 0.243 e. The van der Waals surface area contributed by atoms with E-state index in [1.165, 1.54) is 4.31 Å². The van der Waals surface area contributed by atoms with Gasteiger partial charge in [0.2, 0.25) is 15.9 Å². The highest BCUT2D eigenvalue weighted by Gasteiger charge is 2.24. The molecular weight excluding hydrogens is 442 g/mol. The number of amides is 1. The summed E-state index contributed by atoms with van der Waals surface area (Å²) >= 11 is 0. The molecule has 0 saturated carbocycles. The van der Waals surface area contributed by atoms with E-state index in [0.29, 0.717) is 58.1 Å². The van der Waals surface area contributed by atoms with Gasteiger partial charge >= 0.3 is 0 Å². The largest absolute Gasteiger partial charge is 0.494 e. The summed E-state index contributed by atoms with van der Waals surface area (Å²) in [5, 5.41) is 2.93. The fourth-order valence-electron chi connectivity index (χ4n) is 3.72. The predicted molar refractivity (Wildman–Crippen MR) is 129 cm³/mol. The molecule has 1 amide bonds. The Morgan fingerprint density at radius 3 is 2.45 bits per heavy atom. The average molecular weight is 476 g/mol. The molecule has 0 unspecified atom stereocenters. The lowest BCUT2D eigenvalue weighted by molar-refractivity contribution is -0.116. The van der Waals surface area contributed by atoms with Crippen LogP contribution < -0.4 is 15.0 Å². The number of nitrogens with zero attached hydrogens (tertiary/aromatic N) is 2. The highest BCUT2D eigenvalue weighted by atomic mass is 32.2. The molecule has 2 aromatic rings. The molecule has 180 valence electrons. The third-order valence-electron chi connectivity index (χ3n) is 5.50. The second-order valence-corrected chi connectivity index (χ2v) is 9.62. The van der Waals surface area contributed by atoms with Crippen molar-refractivity contribution in [2.75, 3.05) is 56.2 Å². The van der Waals surface area contributed by atoms with Crippen LogP contribution in [0.1, 0.15) is 26.7 Å². The van der Waals surface area contributed by atoms with Gasteiger partial charge < -0.3 is 19.7 Å². The van der Waals surface area contributed by atoms with E-state index in [1.807, 2.05) is 44.2 Å². The highest BCUT2D eigenvalue weighted by Crippen LogP contribution is 2.31. The van der Waals surface area contributed by atoms with Crippen LogP contribution in [-0.2, 0) is 19.6 Å². The lowest BCUT2D eigenvalue weighted by atomic mass is 10.2. The van der Waals surface area contributed by atoms with E-state index < -0.39 is 10.0 Å². The minimum absolute atomic E-state index is 0.172. The van der Waals surface area contributed by atoms with Crippen molar-refractivity contribution in [3.63, 3.8) is 0 Å². The Kier molecular flexibility index (Phi) is 9.11. The summed E-state index contributed by atoms with van der Waals surface area (Å²) in [5.74, 6) is 0.584. The molecule has 0 spiro atoms. The fraction of sp³-hybridized carbons (Fsp3) is 0.458. The number of benzene rings is 2. The average Bonchev–Trinajstić information content (AvgIpc) is 2.83. The predicted octanol–water partition coefficient (Wildman–Crippen LogP) is 3.35. The van der Waals surface area contributed by atoms with Crippen LogP contribution in [0.4, 0.5) is 11.4 Å². The van der Waals surface area contributed by atoms with Crippen molar-refractivity contribution in [1.29, 1.82) is 0 Å². The normalized spacial score (nSPS) is 14.3. The zero-order chi connectivity index (χ0) is 23.7. The quantitative estimate of drug-likeness (QED) is 0.502. The summed E-state index contributed by atoms with van der Waals surface area (Å²) in [6.07, 6.45) is 0.813. The van der Waals surface area contributed by atoms with Gasteiger partial charge in [0.1, 0.15) is 5.75 Å². The maximum atomic E-state index is 13.0. The lowest BCUT2D eigenvalue weighted by Gasteiger charge is -2.31. The van der Waals surface area contributed by atoms with Crippen molar-refractivity contribution in [1.82, 2.24) is 4.31 Å². The standard InChI is InChI=1S/C24H33N3O5S/c1-3-27(4-2)33(29,30)21-12-13-23(26-14-17-31-18-15-26)22(19-21)25-24(28)11-8-16-32-20-9-6-5-7-10-20/h5-7,9-10,12-13,19H,3-4,8,11,14-18H2,1-2H3,(H,25,28). The summed E-state index contributed by atoms with van der Waals surface area (Å²) < 4.78 is 38.6. The van der Waals surface area contributed by atoms with Gasteiger partial charge in [0.15, 0.2) is 0 Å². The Hall–Kier alpha value is -2.62. The number of anilines is 2. The van der Waals surface area contributed by atoms with Gasteiger partial charge in [0.25, 0.3) is 0 Å². The van der Waals surface area contributed by atoms with Gasteiger partial charge in [-0.1, -0.05) is 32.0 Å². The molecule has 1 N–H and O–H groups in total. The Morgan fingerprint density at radius 1 is 1.09 bits per heavy atom. The highest BCUT2D eigenvalue weighted by molar-refractivity contribution is 7.89. The van der Waals surface area contributed by atoms with Crippen molar-refractivity contribution in [2.24, 2.45) is 0 Å². The molecule has 1 fully saturated rings. The van der Waals surface area contributed by atoms with E-state index in [0.717, 1.165) is 11.4 Å². The van der Waals surface area contributed by atoms with Gasteiger partial charge in [-0.15, -0.1) is 0 Å². The second-order valence-electron chi connectivity index (χ2n) is 7.68. The first-order valence-corrected chi connectivity index (χ1v) is 12.8. The first-order chi connectivity index (χ1) is 16.0. The molecule has 1 saturated heterocycles. The van der Waals surface area contributed by atoms with Crippen LogP contribution in [0.15, 0.2) is 53.4 Å². The van der Waals surface area contributed by atoms with Crippen molar-refractivity contribution in [2.45, 2.75) is 31.6 Å². The molecule has 0 atom stereocenters. The van der Waals surface area contributed by atoms with E-state index in [4.69, 9.17) is 9.47 Å². The Labute approximate surface area is 196 Å². The van der Waals surface area contributed by atoms with Crippen LogP contribution in [0.25, 0.3) is 0 Å². The Morgan fingerprint density at radius 2 is 1.79 bits per heavy atom. The summed E-state index contributed by atoms with van der Waals surface area (Å²) in [4.78, 5) is 15.0. The van der Waals surface area contributed by atoms with E-state index in [1.54, 1.807) is 18.2 Å². The van der Waals surface area contributed by atoms with E-state index in [2.05, 4.69) is 10.2 Å². The summed E-state index contributed by atoms with van der Waals surface area (Å²) in [6.45, 7) is 7.33. The molecule has 0 bridgehead atoms. The van der Waals surface area contributed by atoms with E-state index in [9.17, 15) is 13.2 Å². The molecule has 1 aliphatic heterocycles. The molecule has 1 aliphatic rings. The number of hydrogen-bond acceptors (Lipinski definition) is 6. The first-order valence-electron chi connectivity index (χ1n) is 11.4. The van der Waals surface area contributed by atoms with E-state index >= 15 is 0 Å². The van der Waals surface area contributed by atoms with Crippen molar-refractivity contribution < 1.29 is 22.7 Å². The van der Waals surface area contributed by atoms with Crippen LogP contribution in [0.3, 0.4) is 0 Å². The zero-order valence-electron chi connectivity index (χ0n) is 19.3. The maximum absolute atomic E-state index is 13.0. The number of sulfonamides is 1. The molecular formula is C24H33N3O5S. The fourth-order valence-corrected chi connectivity index (χ4v) is 5.21. The third-order valence-corrected chi connectivity index (χ3v) is 7.54. The van der Waals surface area contributed by atoms with Gasteiger partial charge in [-0.05, 0) is 36.8 Å². The number of carbonyl (C=O) groups is 1. The van der Waals surface area contributed by atoms with Crippen LogP contribution >= 0.6 is 0 Å². The number of hydrogen-bond donors (Lipinski definition) is 1. The van der Waals surface area contributed by atoms with Crippen molar-refractivity contribution in [3.05, 3.63) is 48.5 Å². The number of para-hydroxylation sites is 1. The minimum atomic E-state index is -3.64. The second kappa shape index (κ2) is 12.0. The summed E-state index contributed by atoms with van der Waals surface area (Å²) in [7, 11) is -3.64. The number of morpholine rings is 1. The first kappa shape index (κ1) is 25.0. The summed E-state index contributed by atoms with van der Waals surface area (Å²) in [6, 6.07) is 14.4. The molecule has 3 rings (SSSR count). The number of ether oxygens (including phenoxy) is 2. The van der Waals surface area contributed by atoms with Crippen LogP contribution in [0.5, 0.6) is 5.75 Å². The topological polar surface area (TPSA) is 88.2 Å². The molecule has 0 aromatic heterocycles. The maximum Gasteiger partial charge on any atom is 0.243 e. The molecule has 0 aliphatic carbocycles. The number of nitrogens with one attached hydrogen (secondary N) is 1. The Balaban J connectivity index is 1.73. The van der Waals surface area contributed by atoms with Gasteiger partial charge in [0.05, 0.1) is 36.1 Å². The monoisotopic (exact) mass is 475 g/mol. The molecule has 2 aromatic carbocycles. The molecule has 33 heavy (non-hydrogen) atoms. The molecule has 8 nitrogen and oxygen atoms in total. The van der Waals surface area contributed by atoms with Crippen LogP contribution in [0.2, 0.25) is 0 Å². The van der Waals surface area contributed by atoms with E-state index in [-0.39, 0.29) is 17.2 Å². The molecule has 0 radical (unpaired) electrons. The van der Waals surface area contributed by atoms with Gasteiger partial charge in [-0.2, -0.15) is 4.31 Å². The third kappa shape index (κ3) is 6.69. The SMILES string of the molecule is CCN(CC)S(=O)(=O)c1ccc(N2CCOCC2)c(NC(=O)CCCOc2ccccc2)c1. The van der Waals surface area contributed by atoms with Crippen LogP contribution in [-0.4, -0.2) is 64.6 Å². The van der Waals surface area contributed by atoms with Crippen molar-refractivity contribution >= 4 is 27.3 Å². The summed E-state index contributed by atoms with van der Waals surface area (Å²) in [5.41, 5.74) is 1.30. The van der Waals surface area contributed by atoms with Gasteiger partial charge in [0, 0.05) is 32.6 Å². The zero-order valence-corrected chi connectivity index (χ0v) is 20.1. The lowest BCUT2D eigenvalue weighted by Crippen LogP contribution is -2.37. The molecule has 9 heteroatoms. The van der Waals surface area contributed by atoms with Gasteiger partial charge in [-0.3, -0.25) is 4.79 Å².